The van der Waals surface area contributed by atoms with Gasteiger partial charge in [0.1, 0.15) is 11.5 Å². The van der Waals surface area contributed by atoms with Gasteiger partial charge in [-0.05, 0) is 42.8 Å². The van der Waals surface area contributed by atoms with Crippen LogP contribution < -0.4 is 14.8 Å². The topological polar surface area (TPSA) is 54.0 Å². The number of anilines is 1. The summed E-state index contributed by atoms with van der Waals surface area (Å²) in [6.07, 6.45) is 0. The van der Waals surface area contributed by atoms with Crippen molar-refractivity contribution in [2.75, 3.05) is 52.3 Å². The molecule has 0 radical (unpaired) electrons. The van der Waals surface area contributed by atoms with E-state index in [0.29, 0.717) is 11.6 Å². The van der Waals surface area contributed by atoms with Gasteiger partial charge in [0.15, 0.2) is 0 Å². The van der Waals surface area contributed by atoms with Crippen LogP contribution in [0.25, 0.3) is 0 Å². The molecule has 1 aliphatic rings. The second kappa shape index (κ2) is 9.96. The van der Waals surface area contributed by atoms with Gasteiger partial charge in [0.2, 0.25) is 5.91 Å². The van der Waals surface area contributed by atoms with Crippen LogP contribution in [0.15, 0.2) is 36.4 Å². The first kappa shape index (κ1) is 21.4. The minimum atomic E-state index is -0.0205. The predicted molar refractivity (Wildman–Crippen MR) is 116 cm³/mol. The Balaban J connectivity index is 1.49. The highest BCUT2D eigenvalue weighted by atomic mass is 35.5. The van der Waals surface area contributed by atoms with E-state index in [2.05, 4.69) is 15.1 Å². The highest BCUT2D eigenvalue weighted by Crippen LogP contribution is 2.25. The van der Waals surface area contributed by atoms with E-state index in [0.717, 1.165) is 61.0 Å². The lowest BCUT2D eigenvalue weighted by Gasteiger charge is -2.34. The van der Waals surface area contributed by atoms with Crippen LogP contribution in [0.2, 0.25) is 5.02 Å². The van der Waals surface area contributed by atoms with E-state index in [1.807, 2.05) is 37.3 Å². The lowest BCUT2D eigenvalue weighted by molar-refractivity contribution is -0.117. The Bertz CT molecular complexity index is 851. The molecule has 0 saturated carbocycles. The first-order chi connectivity index (χ1) is 14.0. The number of benzene rings is 2. The summed E-state index contributed by atoms with van der Waals surface area (Å²) < 4.78 is 10.8. The van der Waals surface area contributed by atoms with Gasteiger partial charge in [-0.2, -0.15) is 0 Å². The summed E-state index contributed by atoms with van der Waals surface area (Å²) in [4.78, 5) is 16.9. The molecule has 29 heavy (non-hydrogen) atoms. The fourth-order valence-electron chi connectivity index (χ4n) is 3.43. The predicted octanol–water partition coefficient (Wildman–Crippen LogP) is 3.42. The molecule has 0 aliphatic carbocycles. The van der Waals surface area contributed by atoms with Gasteiger partial charge in [0, 0.05) is 49.0 Å². The molecule has 1 saturated heterocycles. The van der Waals surface area contributed by atoms with E-state index in [4.69, 9.17) is 21.1 Å². The Labute approximate surface area is 177 Å². The summed E-state index contributed by atoms with van der Waals surface area (Å²) in [6, 6.07) is 11.4. The largest absolute Gasteiger partial charge is 0.497 e. The first-order valence-electron chi connectivity index (χ1n) is 9.70. The Morgan fingerprint density at radius 2 is 1.76 bits per heavy atom. The summed E-state index contributed by atoms with van der Waals surface area (Å²) in [7, 11) is 3.35. The number of carbonyl (C=O) groups is 1. The second-order valence-corrected chi connectivity index (χ2v) is 7.65. The number of halogens is 1. The van der Waals surface area contributed by atoms with Crippen molar-refractivity contribution in [2.45, 2.75) is 13.5 Å². The Kier molecular flexibility index (Phi) is 7.36. The molecule has 0 atom stereocenters. The first-order valence-corrected chi connectivity index (χ1v) is 10.1. The van der Waals surface area contributed by atoms with Crippen LogP contribution in [0.4, 0.5) is 5.69 Å². The molecular weight excluding hydrogens is 390 g/mol. The second-order valence-electron chi connectivity index (χ2n) is 7.24. The number of methoxy groups -OCH3 is 2. The normalized spacial score (nSPS) is 15.2. The molecule has 6 nitrogen and oxygen atoms in total. The zero-order valence-corrected chi connectivity index (χ0v) is 18.0. The number of hydrogen-bond acceptors (Lipinski definition) is 5. The Morgan fingerprint density at radius 1 is 1.03 bits per heavy atom. The Hall–Kier alpha value is -2.28. The average molecular weight is 418 g/mol. The molecule has 0 unspecified atom stereocenters. The molecule has 1 aliphatic heterocycles. The van der Waals surface area contributed by atoms with E-state index < -0.39 is 0 Å². The fourth-order valence-corrected chi connectivity index (χ4v) is 3.61. The molecular formula is C22H28ClN3O3. The van der Waals surface area contributed by atoms with Crippen molar-refractivity contribution in [3.63, 3.8) is 0 Å². The lowest BCUT2D eigenvalue weighted by Crippen LogP contribution is -2.48. The number of nitrogens with one attached hydrogen (secondary N) is 1. The SMILES string of the molecule is COc1ccc(OC)c(CN2CCN(CC(=O)Nc3ccc(C)c(Cl)c3)CC2)c1. The molecule has 0 aromatic heterocycles. The van der Waals surface area contributed by atoms with Gasteiger partial charge in [-0.15, -0.1) is 0 Å². The van der Waals surface area contributed by atoms with Crippen LogP contribution in [0.3, 0.4) is 0 Å². The maximum Gasteiger partial charge on any atom is 0.238 e. The molecule has 1 N–H and O–H groups in total. The van der Waals surface area contributed by atoms with Crippen molar-refractivity contribution in [3.8, 4) is 11.5 Å². The smallest absolute Gasteiger partial charge is 0.238 e. The van der Waals surface area contributed by atoms with Crippen molar-refractivity contribution >= 4 is 23.2 Å². The highest BCUT2D eigenvalue weighted by molar-refractivity contribution is 6.31. The van der Waals surface area contributed by atoms with Gasteiger partial charge >= 0.3 is 0 Å². The van der Waals surface area contributed by atoms with E-state index in [1.54, 1.807) is 20.3 Å². The molecule has 0 spiro atoms. The van der Waals surface area contributed by atoms with Crippen LogP contribution >= 0.6 is 11.6 Å². The summed E-state index contributed by atoms with van der Waals surface area (Å²) in [5, 5.41) is 3.58. The average Bonchev–Trinajstić information content (AvgIpc) is 2.72. The van der Waals surface area contributed by atoms with Crippen molar-refractivity contribution in [1.82, 2.24) is 9.80 Å². The van der Waals surface area contributed by atoms with E-state index in [1.165, 1.54) is 0 Å². The number of hydrogen-bond donors (Lipinski definition) is 1. The number of rotatable bonds is 7. The summed E-state index contributed by atoms with van der Waals surface area (Å²) in [6.45, 7) is 6.58. The van der Waals surface area contributed by atoms with Gasteiger partial charge in [-0.25, -0.2) is 0 Å². The zero-order chi connectivity index (χ0) is 20.8. The van der Waals surface area contributed by atoms with Gasteiger partial charge in [0.25, 0.3) is 0 Å². The highest BCUT2D eigenvalue weighted by Gasteiger charge is 2.20. The number of aryl methyl sites for hydroxylation is 1. The summed E-state index contributed by atoms with van der Waals surface area (Å²) in [5.41, 5.74) is 2.83. The van der Waals surface area contributed by atoms with Crippen molar-refractivity contribution in [2.24, 2.45) is 0 Å². The minimum absolute atomic E-state index is 0.0205. The molecule has 2 aromatic carbocycles. The van der Waals surface area contributed by atoms with E-state index >= 15 is 0 Å². The maximum absolute atomic E-state index is 12.4. The summed E-state index contributed by atoms with van der Waals surface area (Å²) in [5.74, 6) is 1.67. The van der Waals surface area contributed by atoms with E-state index in [-0.39, 0.29) is 5.91 Å². The quantitative estimate of drug-likeness (QED) is 0.748. The monoisotopic (exact) mass is 417 g/mol. The third-order valence-corrected chi connectivity index (χ3v) is 5.58. The molecule has 0 bridgehead atoms. The molecule has 7 heteroatoms. The molecule has 2 aromatic rings. The third-order valence-electron chi connectivity index (χ3n) is 5.17. The van der Waals surface area contributed by atoms with Crippen molar-refractivity contribution in [1.29, 1.82) is 0 Å². The van der Waals surface area contributed by atoms with Gasteiger partial charge in [-0.1, -0.05) is 17.7 Å². The van der Waals surface area contributed by atoms with Crippen molar-refractivity contribution < 1.29 is 14.3 Å². The van der Waals surface area contributed by atoms with E-state index in [9.17, 15) is 4.79 Å². The zero-order valence-electron chi connectivity index (χ0n) is 17.2. The molecule has 1 heterocycles. The summed E-state index contributed by atoms with van der Waals surface area (Å²) >= 11 is 6.13. The van der Waals surface area contributed by atoms with Crippen molar-refractivity contribution in [3.05, 3.63) is 52.5 Å². The number of carbonyl (C=O) groups excluding carboxylic acids is 1. The minimum Gasteiger partial charge on any atom is -0.497 e. The molecule has 3 rings (SSSR count). The molecule has 1 fully saturated rings. The molecule has 156 valence electrons. The number of piperazine rings is 1. The third kappa shape index (κ3) is 5.85. The number of ether oxygens (including phenoxy) is 2. The number of nitrogens with zero attached hydrogens (tertiary/aromatic N) is 2. The van der Waals surface area contributed by atoms with Crippen LogP contribution in [0, 0.1) is 6.92 Å². The lowest BCUT2D eigenvalue weighted by atomic mass is 10.1. The van der Waals surface area contributed by atoms with Gasteiger partial charge in [0.05, 0.1) is 20.8 Å². The van der Waals surface area contributed by atoms with Crippen LogP contribution in [-0.4, -0.2) is 62.7 Å². The van der Waals surface area contributed by atoms with Gasteiger partial charge in [-0.3, -0.25) is 14.6 Å². The maximum atomic E-state index is 12.4. The standard InChI is InChI=1S/C22H28ClN3O3/c1-16-4-5-18(13-20(16)23)24-22(27)15-26-10-8-25(9-11-26)14-17-12-19(28-2)6-7-21(17)29-3/h4-7,12-13H,8-11,14-15H2,1-3H3,(H,24,27). The van der Waals surface area contributed by atoms with Crippen LogP contribution in [0.1, 0.15) is 11.1 Å². The van der Waals surface area contributed by atoms with Crippen LogP contribution in [-0.2, 0) is 11.3 Å². The van der Waals surface area contributed by atoms with Crippen LogP contribution in [0.5, 0.6) is 11.5 Å². The number of amides is 1. The Morgan fingerprint density at radius 3 is 2.41 bits per heavy atom. The molecule has 1 amide bonds. The fraction of sp³-hybridized carbons (Fsp3) is 0.409. The van der Waals surface area contributed by atoms with Gasteiger partial charge < -0.3 is 14.8 Å².